The summed E-state index contributed by atoms with van der Waals surface area (Å²) in [6.45, 7) is 11.8. The van der Waals surface area contributed by atoms with Crippen LogP contribution >= 0.6 is 0 Å². The van der Waals surface area contributed by atoms with E-state index in [-0.39, 0.29) is 0 Å². The van der Waals surface area contributed by atoms with Gasteiger partial charge >= 0.3 is 0 Å². The fraction of sp³-hybridized carbons (Fsp3) is 1.00. The highest BCUT2D eigenvalue weighted by Crippen LogP contribution is 2.17. The van der Waals surface area contributed by atoms with Crippen molar-refractivity contribution in [2.75, 3.05) is 13.1 Å². The van der Waals surface area contributed by atoms with Gasteiger partial charge in [-0.05, 0) is 46.1 Å². The lowest BCUT2D eigenvalue weighted by atomic mass is 10.0. The van der Waals surface area contributed by atoms with Gasteiger partial charge in [0.05, 0.1) is 0 Å². The fourth-order valence-electron chi connectivity index (χ4n) is 3.05. The van der Waals surface area contributed by atoms with Crippen molar-refractivity contribution in [3.8, 4) is 0 Å². The molecule has 0 aromatic heterocycles. The van der Waals surface area contributed by atoms with Gasteiger partial charge in [-0.1, -0.05) is 26.7 Å². The Bertz CT molecular complexity index is 185. The molecule has 2 unspecified atom stereocenters. The molecule has 17 heavy (non-hydrogen) atoms. The van der Waals surface area contributed by atoms with Crippen molar-refractivity contribution in [1.82, 2.24) is 10.2 Å². The maximum absolute atomic E-state index is 3.68. The molecule has 0 radical (unpaired) electrons. The molecule has 1 heterocycles. The Morgan fingerprint density at radius 3 is 2.47 bits per heavy atom. The van der Waals surface area contributed by atoms with E-state index in [1.54, 1.807) is 0 Å². The first-order valence-corrected chi connectivity index (χ1v) is 7.68. The minimum Gasteiger partial charge on any atom is -0.313 e. The summed E-state index contributed by atoms with van der Waals surface area (Å²) >= 11 is 0. The second-order valence-corrected chi connectivity index (χ2v) is 5.79. The molecule has 0 amide bonds. The van der Waals surface area contributed by atoms with Crippen LogP contribution in [0.25, 0.3) is 0 Å². The minimum absolute atomic E-state index is 0.676. The number of rotatable bonds is 7. The van der Waals surface area contributed by atoms with Crippen LogP contribution in [0.15, 0.2) is 0 Å². The molecule has 2 nitrogen and oxygen atoms in total. The van der Waals surface area contributed by atoms with Gasteiger partial charge < -0.3 is 5.32 Å². The van der Waals surface area contributed by atoms with Crippen molar-refractivity contribution >= 4 is 0 Å². The summed E-state index contributed by atoms with van der Waals surface area (Å²) in [7, 11) is 0. The van der Waals surface area contributed by atoms with Crippen LogP contribution in [0.5, 0.6) is 0 Å². The highest BCUT2D eigenvalue weighted by molar-refractivity contribution is 4.81. The zero-order valence-corrected chi connectivity index (χ0v) is 12.3. The van der Waals surface area contributed by atoms with Crippen LogP contribution in [0.2, 0.25) is 0 Å². The molecule has 1 rings (SSSR count). The molecule has 1 aliphatic heterocycles. The molecular weight excluding hydrogens is 208 g/mol. The number of hydrogen-bond donors (Lipinski definition) is 1. The van der Waals surface area contributed by atoms with Crippen molar-refractivity contribution < 1.29 is 0 Å². The molecule has 0 bridgehead atoms. The Kier molecular flexibility index (Phi) is 7.14. The quantitative estimate of drug-likeness (QED) is 0.733. The summed E-state index contributed by atoms with van der Waals surface area (Å²) in [6, 6.07) is 2.19. The molecule has 0 spiro atoms. The van der Waals surface area contributed by atoms with Crippen LogP contribution in [0.3, 0.4) is 0 Å². The Labute approximate surface area is 108 Å². The van der Waals surface area contributed by atoms with E-state index in [0.29, 0.717) is 6.04 Å². The first-order chi connectivity index (χ1) is 8.19. The van der Waals surface area contributed by atoms with Crippen LogP contribution in [-0.4, -0.2) is 36.1 Å². The fourth-order valence-corrected chi connectivity index (χ4v) is 3.05. The molecule has 2 atom stereocenters. The summed E-state index contributed by atoms with van der Waals surface area (Å²) in [5, 5.41) is 3.68. The van der Waals surface area contributed by atoms with Crippen molar-refractivity contribution in [3.63, 3.8) is 0 Å². The maximum Gasteiger partial charge on any atom is 0.0195 e. The van der Waals surface area contributed by atoms with Gasteiger partial charge in [0.25, 0.3) is 0 Å². The molecule has 0 aliphatic carbocycles. The van der Waals surface area contributed by atoms with Gasteiger partial charge in [-0.15, -0.1) is 0 Å². The summed E-state index contributed by atoms with van der Waals surface area (Å²) in [4.78, 5) is 2.73. The standard InChI is InChI=1S/C15H32N2/c1-5-9-15(6-2)17(13(3)4)12-14-10-7-8-11-16-14/h13-16H,5-12H2,1-4H3. The van der Waals surface area contributed by atoms with E-state index >= 15 is 0 Å². The number of piperidine rings is 1. The van der Waals surface area contributed by atoms with E-state index in [0.717, 1.165) is 12.1 Å². The van der Waals surface area contributed by atoms with Gasteiger partial charge in [-0.25, -0.2) is 0 Å². The Morgan fingerprint density at radius 2 is 2.00 bits per heavy atom. The third kappa shape index (κ3) is 4.97. The molecule has 1 saturated heterocycles. The number of nitrogens with zero attached hydrogens (tertiary/aromatic N) is 1. The van der Waals surface area contributed by atoms with Crippen LogP contribution in [0, 0.1) is 0 Å². The van der Waals surface area contributed by atoms with E-state index in [9.17, 15) is 0 Å². The average Bonchev–Trinajstić information content (AvgIpc) is 2.34. The average molecular weight is 240 g/mol. The van der Waals surface area contributed by atoms with Gasteiger partial charge in [-0.2, -0.15) is 0 Å². The third-order valence-corrected chi connectivity index (χ3v) is 4.07. The van der Waals surface area contributed by atoms with E-state index in [1.807, 2.05) is 0 Å². The molecule has 0 aromatic rings. The van der Waals surface area contributed by atoms with Crippen LogP contribution in [0.1, 0.15) is 66.2 Å². The van der Waals surface area contributed by atoms with Crippen molar-refractivity contribution in [2.45, 2.75) is 84.3 Å². The number of nitrogens with one attached hydrogen (secondary N) is 1. The molecule has 1 N–H and O–H groups in total. The Hall–Kier alpha value is -0.0800. The second kappa shape index (κ2) is 8.10. The first kappa shape index (κ1) is 15.0. The molecule has 1 aliphatic rings. The van der Waals surface area contributed by atoms with Gasteiger partial charge in [0.1, 0.15) is 0 Å². The van der Waals surface area contributed by atoms with Gasteiger partial charge in [0.15, 0.2) is 0 Å². The van der Waals surface area contributed by atoms with Crippen molar-refractivity contribution in [3.05, 3.63) is 0 Å². The zero-order chi connectivity index (χ0) is 12.7. The molecule has 0 saturated carbocycles. The van der Waals surface area contributed by atoms with Crippen LogP contribution < -0.4 is 5.32 Å². The van der Waals surface area contributed by atoms with E-state index < -0.39 is 0 Å². The highest BCUT2D eigenvalue weighted by atomic mass is 15.2. The molecule has 1 fully saturated rings. The smallest absolute Gasteiger partial charge is 0.0195 e. The number of hydrogen-bond acceptors (Lipinski definition) is 2. The van der Waals surface area contributed by atoms with Gasteiger partial charge in [0.2, 0.25) is 0 Å². The third-order valence-electron chi connectivity index (χ3n) is 4.07. The lowest BCUT2D eigenvalue weighted by Gasteiger charge is -2.38. The molecule has 0 aromatic carbocycles. The Balaban J connectivity index is 2.50. The first-order valence-electron chi connectivity index (χ1n) is 7.68. The van der Waals surface area contributed by atoms with Crippen molar-refractivity contribution in [1.29, 1.82) is 0 Å². The summed E-state index contributed by atoms with van der Waals surface area (Å²) in [5.41, 5.74) is 0. The topological polar surface area (TPSA) is 15.3 Å². The summed E-state index contributed by atoms with van der Waals surface area (Å²) in [6.07, 6.45) is 8.09. The SMILES string of the molecule is CCCC(CC)N(CC1CCCCN1)C(C)C. The zero-order valence-electron chi connectivity index (χ0n) is 12.3. The van der Waals surface area contributed by atoms with Gasteiger partial charge in [-0.3, -0.25) is 4.90 Å². The predicted molar refractivity (Wildman–Crippen MR) is 76.5 cm³/mol. The molecule has 2 heteroatoms. The predicted octanol–water partition coefficient (Wildman–Crippen LogP) is 3.42. The second-order valence-electron chi connectivity index (χ2n) is 5.79. The monoisotopic (exact) mass is 240 g/mol. The van der Waals surface area contributed by atoms with E-state index in [4.69, 9.17) is 0 Å². The molecule has 102 valence electrons. The Morgan fingerprint density at radius 1 is 1.24 bits per heavy atom. The summed E-state index contributed by atoms with van der Waals surface area (Å²) < 4.78 is 0. The highest BCUT2D eigenvalue weighted by Gasteiger charge is 2.23. The van der Waals surface area contributed by atoms with Crippen LogP contribution in [0.4, 0.5) is 0 Å². The molecular formula is C15H32N2. The normalized spacial score (nSPS) is 23.3. The largest absolute Gasteiger partial charge is 0.313 e. The maximum atomic E-state index is 3.68. The van der Waals surface area contributed by atoms with E-state index in [1.165, 1.54) is 51.6 Å². The lowest BCUT2D eigenvalue weighted by molar-refractivity contribution is 0.118. The minimum atomic E-state index is 0.676. The van der Waals surface area contributed by atoms with Gasteiger partial charge in [0, 0.05) is 24.7 Å². The summed E-state index contributed by atoms with van der Waals surface area (Å²) in [5.74, 6) is 0. The van der Waals surface area contributed by atoms with Crippen molar-refractivity contribution in [2.24, 2.45) is 0 Å². The van der Waals surface area contributed by atoms with E-state index in [2.05, 4.69) is 37.9 Å². The lowest BCUT2D eigenvalue weighted by Crippen LogP contribution is -2.49. The van der Waals surface area contributed by atoms with Crippen LogP contribution in [-0.2, 0) is 0 Å².